The molecular formula is C27H51ClOP2Ru. The van der Waals surface area contributed by atoms with Gasteiger partial charge in [0.1, 0.15) is 6.79 Å². The van der Waals surface area contributed by atoms with E-state index >= 15 is 0 Å². The van der Waals surface area contributed by atoms with E-state index in [-0.39, 0.29) is 15.8 Å². The second-order valence-corrected chi connectivity index (χ2v) is 17.0. The summed E-state index contributed by atoms with van der Waals surface area (Å²) in [5.41, 5.74) is 6.45. The summed E-state index contributed by atoms with van der Waals surface area (Å²) < 4.78 is 0. The van der Waals surface area contributed by atoms with Gasteiger partial charge in [0.05, 0.1) is 0 Å². The number of hydrogen-bond donors (Lipinski definition) is 0. The monoisotopic (exact) mass is 590 g/mol. The maximum atomic E-state index is 8.00. The molecule has 0 atom stereocenters. The van der Waals surface area contributed by atoms with E-state index < -0.39 is 0 Å². The number of benzene rings is 1. The van der Waals surface area contributed by atoms with E-state index in [0.717, 1.165) is 39.5 Å². The Morgan fingerprint density at radius 2 is 0.875 bits per heavy atom. The van der Waals surface area contributed by atoms with Gasteiger partial charge in [-0.2, -0.15) is 5.56 Å². The first-order chi connectivity index (χ1) is 14.9. The van der Waals surface area contributed by atoms with Gasteiger partial charge < -0.3 is 4.79 Å². The van der Waals surface area contributed by atoms with Gasteiger partial charge in [-0.3, -0.25) is 6.58 Å². The summed E-state index contributed by atoms with van der Waals surface area (Å²) in [6, 6.07) is 9.80. The molecule has 0 N–H and O–H groups in total. The molecule has 190 valence electrons. The van der Waals surface area contributed by atoms with Crippen LogP contribution in [0.4, 0.5) is 0 Å². The van der Waals surface area contributed by atoms with Crippen LogP contribution in [0.25, 0.3) is 6.08 Å². The molecule has 0 aliphatic heterocycles. The van der Waals surface area contributed by atoms with Crippen LogP contribution in [0.15, 0.2) is 30.3 Å². The molecule has 1 nitrogen and oxygen atoms in total. The first-order valence-electron chi connectivity index (χ1n) is 11.4. The predicted molar refractivity (Wildman–Crippen MR) is 153 cm³/mol. The third kappa shape index (κ3) is 22.2. The number of hydrogen-bond acceptors (Lipinski definition) is 1. The summed E-state index contributed by atoms with van der Waals surface area (Å²) in [4.78, 5) is 8.00. The topological polar surface area (TPSA) is 17.1 Å². The van der Waals surface area contributed by atoms with Gasteiger partial charge in [0.2, 0.25) is 0 Å². The molecule has 1 rings (SSSR count). The summed E-state index contributed by atoms with van der Waals surface area (Å²) in [6.07, 6.45) is 1.58. The zero-order chi connectivity index (χ0) is 26.4. The van der Waals surface area contributed by atoms with Gasteiger partial charge in [0.25, 0.3) is 0 Å². The fourth-order valence-electron chi connectivity index (χ4n) is 4.14. The molecule has 1 aromatic carbocycles. The average molecular weight is 590 g/mol. The second kappa shape index (κ2) is 26.0. The van der Waals surface area contributed by atoms with E-state index in [4.69, 9.17) is 11.4 Å². The normalized spacial score (nSPS) is 10.3. The summed E-state index contributed by atoms with van der Waals surface area (Å²) in [7, 11) is 5.09. The van der Waals surface area contributed by atoms with Crippen LogP contribution < -0.4 is 0 Å². The Bertz CT molecular complexity index is 444. The Morgan fingerprint density at radius 1 is 0.656 bits per heavy atom. The van der Waals surface area contributed by atoms with Gasteiger partial charge in [0, 0.05) is 0 Å². The van der Waals surface area contributed by atoms with E-state index in [1.807, 2.05) is 54.4 Å². The van der Waals surface area contributed by atoms with Crippen LogP contribution in [0.3, 0.4) is 0 Å². The molecule has 32 heavy (non-hydrogen) atoms. The van der Waals surface area contributed by atoms with E-state index in [9.17, 15) is 0 Å². The molecular weight excluding hydrogens is 539 g/mol. The Kier molecular flexibility index (Phi) is 32.2. The molecule has 5 heteroatoms. The van der Waals surface area contributed by atoms with Crippen molar-refractivity contribution < 1.29 is 22.1 Å². The predicted octanol–water partition coefficient (Wildman–Crippen LogP) is 10.0. The Labute approximate surface area is 219 Å². The van der Waals surface area contributed by atoms with Crippen molar-refractivity contribution in [2.24, 2.45) is 0 Å². The van der Waals surface area contributed by atoms with E-state index in [0.29, 0.717) is 0 Å². The van der Waals surface area contributed by atoms with Gasteiger partial charge in [0.15, 0.2) is 0 Å². The zero-order valence-corrected chi connectivity index (χ0v) is 27.0. The van der Waals surface area contributed by atoms with Gasteiger partial charge in [-0.05, 0) is 34.0 Å². The first-order valence-corrected chi connectivity index (χ1v) is 16.8. The molecule has 0 spiro atoms. The van der Waals surface area contributed by atoms with E-state index in [2.05, 4.69) is 92.8 Å². The number of halogens is 1. The molecule has 0 fully saturated rings. The van der Waals surface area contributed by atoms with Crippen LogP contribution in [0, 0.1) is 6.58 Å². The van der Waals surface area contributed by atoms with Crippen LogP contribution in [0.1, 0.15) is 88.6 Å². The van der Waals surface area contributed by atoms with Crippen molar-refractivity contribution in [3.8, 4) is 0 Å². The Morgan fingerprint density at radius 3 is 0.969 bits per heavy atom. The quantitative estimate of drug-likeness (QED) is 0.176. The fourth-order valence-corrected chi connectivity index (χ4v) is 11.3. The zero-order valence-electron chi connectivity index (χ0n) is 22.7. The van der Waals surface area contributed by atoms with Gasteiger partial charge in [-0.1, -0.05) is 117 Å². The van der Waals surface area contributed by atoms with Crippen molar-refractivity contribution >= 4 is 38.4 Å². The van der Waals surface area contributed by atoms with Crippen LogP contribution >= 0.6 is 25.5 Å². The molecule has 0 bridgehead atoms. The average Bonchev–Trinajstić information content (AvgIpc) is 2.70. The first kappa shape index (κ1) is 39.6. The van der Waals surface area contributed by atoms with Gasteiger partial charge in [-0.15, -0.1) is 12.1 Å². The number of rotatable bonds is 7. The second-order valence-electron chi connectivity index (χ2n) is 9.03. The summed E-state index contributed by atoms with van der Waals surface area (Å²) in [5.74, 6) is 0. The molecule has 0 aliphatic rings. The van der Waals surface area contributed by atoms with Crippen LogP contribution in [0.5, 0.6) is 0 Å². The van der Waals surface area contributed by atoms with Crippen molar-refractivity contribution in [3.05, 3.63) is 42.5 Å². The molecule has 0 saturated heterocycles. The third-order valence-corrected chi connectivity index (χ3v) is 11.7. The summed E-state index contributed by atoms with van der Waals surface area (Å²) in [6.45, 7) is 35.5. The third-order valence-electron chi connectivity index (χ3n) is 4.57. The Hall–Kier alpha value is 0.403. The van der Waals surface area contributed by atoms with Crippen LogP contribution in [-0.4, -0.2) is 40.7 Å². The van der Waals surface area contributed by atoms with Crippen LogP contribution in [-0.2, 0) is 22.1 Å². The van der Waals surface area contributed by atoms with Crippen molar-refractivity contribution in [1.82, 2.24) is 0 Å². The standard InChI is InChI=1S/2C9H21P.C8H7.CH2O.ClH.Ru/c2*1-7(2)10(8(3)4)9(5)6;1-2-8-6-4-3-5-7-8;1-2;;/h2*7-9H,1-6H3;1-7H;1H2;1H;/q;;-1;;;+2/p-1. The minimum absolute atomic E-state index is 0.262. The van der Waals surface area contributed by atoms with Crippen molar-refractivity contribution in [2.75, 3.05) is 0 Å². The molecule has 0 radical (unpaired) electrons. The van der Waals surface area contributed by atoms with E-state index in [1.165, 1.54) is 0 Å². The number of carbonyl (C=O) groups is 1. The van der Waals surface area contributed by atoms with E-state index in [1.54, 1.807) is 6.08 Å². The Balaban J connectivity index is -0.000000171. The van der Waals surface area contributed by atoms with Gasteiger partial charge in [-0.25, -0.2) is 6.08 Å². The van der Waals surface area contributed by atoms with Gasteiger partial charge >= 0.3 is 27.0 Å². The van der Waals surface area contributed by atoms with Crippen molar-refractivity contribution in [2.45, 2.75) is 117 Å². The van der Waals surface area contributed by atoms with Crippen molar-refractivity contribution in [3.63, 3.8) is 0 Å². The summed E-state index contributed by atoms with van der Waals surface area (Å²) >= 11 is 1.82. The minimum atomic E-state index is 0.262. The molecule has 0 saturated carbocycles. The molecule has 0 aromatic heterocycles. The molecule has 1 aromatic rings. The molecule has 0 aliphatic carbocycles. The SMILES string of the molecule is C=O.CC(C)P(C(C)C)C(C)C.CC(C)P(C(C)C)C(C)C.[CH-]=Cc1ccccc1.[Cl][Ru+]. The maximum absolute atomic E-state index is 8.00. The van der Waals surface area contributed by atoms with Crippen molar-refractivity contribution in [1.29, 1.82) is 0 Å². The molecule has 0 amide bonds. The molecule has 0 unspecified atom stereocenters. The summed E-state index contributed by atoms with van der Waals surface area (Å²) in [5, 5.41) is 0. The van der Waals surface area contributed by atoms with Crippen LogP contribution in [0.2, 0.25) is 0 Å². The number of carbonyl (C=O) groups excluding carboxylic acids is 1. The molecule has 0 heterocycles. The fraction of sp³-hybridized carbons (Fsp3) is 0.667.